The second kappa shape index (κ2) is 7.13. The molecular formula is C12H21NO4S. The SMILES string of the molecule is COC(OC)C1CC(O)CN1C(=S)CCC(C)=O. The first-order valence-electron chi connectivity index (χ1n) is 6.02. The van der Waals surface area contributed by atoms with Gasteiger partial charge in [-0.15, -0.1) is 0 Å². The fourth-order valence-electron chi connectivity index (χ4n) is 2.22. The van der Waals surface area contributed by atoms with E-state index in [0.29, 0.717) is 30.8 Å². The highest BCUT2D eigenvalue weighted by Gasteiger charge is 2.37. The van der Waals surface area contributed by atoms with E-state index in [4.69, 9.17) is 21.7 Å². The Bertz CT molecular complexity index is 306. The van der Waals surface area contributed by atoms with E-state index in [1.54, 1.807) is 21.1 Å². The van der Waals surface area contributed by atoms with Crippen LogP contribution in [0.2, 0.25) is 0 Å². The Morgan fingerprint density at radius 2 is 2.06 bits per heavy atom. The number of thiocarbonyl (C=S) groups is 1. The number of hydrogen-bond donors (Lipinski definition) is 1. The van der Waals surface area contributed by atoms with Gasteiger partial charge in [-0.2, -0.15) is 0 Å². The summed E-state index contributed by atoms with van der Waals surface area (Å²) in [5, 5.41) is 9.76. The largest absolute Gasteiger partial charge is 0.391 e. The van der Waals surface area contributed by atoms with Crippen molar-refractivity contribution >= 4 is 23.0 Å². The molecule has 1 rings (SSSR count). The Morgan fingerprint density at radius 1 is 1.44 bits per heavy atom. The van der Waals surface area contributed by atoms with Crippen LogP contribution in [0.4, 0.5) is 0 Å². The molecule has 18 heavy (non-hydrogen) atoms. The van der Waals surface area contributed by atoms with Crippen LogP contribution in [0.15, 0.2) is 0 Å². The zero-order chi connectivity index (χ0) is 13.7. The van der Waals surface area contributed by atoms with Gasteiger partial charge in [-0.25, -0.2) is 0 Å². The first-order chi connectivity index (χ1) is 8.49. The molecule has 1 aliphatic heterocycles. The molecule has 1 N–H and O–H groups in total. The minimum atomic E-state index is -0.432. The lowest BCUT2D eigenvalue weighted by molar-refractivity contribution is -0.132. The molecule has 2 unspecified atom stereocenters. The van der Waals surface area contributed by atoms with Crippen LogP contribution < -0.4 is 0 Å². The van der Waals surface area contributed by atoms with Gasteiger partial charge in [0.2, 0.25) is 0 Å². The molecule has 5 nitrogen and oxygen atoms in total. The Balaban J connectivity index is 2.65. The molecule has 1 heterocycles. The van der Waals surface area contributed by atoms with Gasteiger partial charge in [0, 0.05) is 40.0 Å². The zero-order valence-electron chi connectivity index (χ0n) is 11.1. The highest BCUT2D eigenvalue weighted by atomic mass is 32.1. The van der Waals surface area contributed by atoms with E-state index >= 15 is 0 Å². The van der Waals surface area contributed by atoms with E-state index in [0.717, 1.165) is 0 Å². The third kappa shape index (κ3) is 3.98. The van der Waals surface area contributed by atoms with Gasteiger partial charge in [-0.1, -0.05) is 12.2 Å². The van der Waals surface area contributed by atoms with Crippen molar-refractivity contribution in [3.05, 3.63) is 0 Å². The third-order valence-corrected chi connectivity index (χ3v) is 3.55. The Labute approximate surface area is 113 Å². The molecule has 1 aliphatic rings. The van der Waals surface area contributed by atoms with Crippen molar-refractivity contribution in [1.82, 2.24) is 4.90 Å². The molecule has 0 bridgehead atoms. The number of β-amino-alcohol motifs (C(OH)–C–C–N with tert-alkyl or cyclic N) is 1. The normalized spacial score (nSPS) is 23.7. The van der Waals surface area contributed by atoms with Crippen LogP contribution in [0, 0.1) is 0 Å². The summed E-state index contributed by atoms with van der Waals surface area (Å²) in [6, 6.07) is -0.0885. The van der Waals surface area contributed by atoms with Crippen LogP contribution in [0.25, 0.3) is 0 Å². The number of ether oxygens (including phenoxy) is 2. The molecule has 0 spiro atoms. The highest BCUT2D eigenvalue weighted by Crippen LogP contribution is 2.24. The smallest absolute Gasteiger partial charge is 0.177 e. The van der Waals surface area contributed by atoms with Crippen molar-refractivity contribution in [3.8, 4) is 0 Å². The van der Waals surface area contributed by atoms with E-state index in [9.17, 15) is 9.90 Å². The van der Waals surface area contributed by atoms with Gasteiger partial charge in [0.05, 0.1) is 17.1 Å². The van der Waals surface area contributed by atoms with Crippen LogP contribution >= 0.6 is 12.2 Å². The first-order valence-corrected chi connectivity index (χ1v) is 6.43. The van der Waals surface area contributed by atoms with Gasteiger partial charge in [0.1, 0.15) is 5.78 Å². The maximum Gasteiger partial charge on any atom is 0.177 e. The van der Waals surface area contributed by atoms with Gasteiger partial charge < -0.3 is 24.3 Å². The van der Waals surface area contributed by atoms with Gasteiger partial charge >= 0.3 is 0 Å². The molecule has 0 aromatic carbocycles. The molecule has 0 aromatic rings. The van der Waals surface area contributed by atoms with Crippen LogP contribution in [-0.2, 0) is 14.3 Å². The summed E-state index contributed by atoms with van der Waals surface area (Å²) in [6.45, 7) is 2.02. The molecule has 6 heteroatoms. The minimum absolute atomic E-state index is 0.0885. The van der Waals surface area contributed by atoms with E-state index < -0.39 is 12.4 Å². The van der Waals surface area contributed by atoms with Crippen LogP contribution in [0.1, 0.15) is 26.2 Å². The number of likely N-dealkylation sites (tertiary alicyclic amines) is 1. The number of hydrogen-bond acceptors (Lipinski definition) is 5. The number of rotatable bonds is 6. The average Bonchev–Trinajstić information content (AvgIpc) is 2.70. The lowest BCUT2D eigenvalue weighted by atomic mass is 10.1. The number of carbonyl (C=O) groups is 1. The van der Waals surface area contributed by atoms with E-state index in [2.05, 4.69) is 0 Å². The zero-order valence-corrected chi connectivity index (χ0v) is 11.9. The molecule has 0 saturated carbocycles. The molecule has 0 aliphatic carbocycles. The summed E-state index contributed by atoms with van der Waals surface area (Å²) < 4.78 is 10.5. The predicted molar refractivity (Wildman–Crippen MR) is 71.4 cm³/mol. The second-order valence-electron chi connectivity index (χ2n) is 4.54. The van der Waals surface area contributed by atoms with Crippen LogP contribution in [0.3, 0.4) is 0 Å². The standard InChI is InChI=1S/C12H21NO4S/c1-8(14)4-5-11(18)13-7-9(15)6-10(13)12(16-2)17-3/h9-10,12,15H,4-7H2,1-3H3. The number of ketones is 1. The maximum atomic E-state index is 11.0. The summed E-state index contributed by atoms with van der Waals surface area (Å²) in [5.41, 5.74) is 0. The van der Waals surface area contributed by atoms with E-state index in [1.807, 2.05) is 4.90 Å². The Kier molecular flexibility index (Phi) is 6.14. The topological polar surface area (TPSA) is 59.0 Å². The Morgan fingerprint density at radius 3 is 2.56 bits per heavy atom. The van der Waals surface area contributed by atoms with Crippen molar-refractivity contribution in [3.63, 3.8) is 0 Å². The molecule has 2 atom stereocenters. The van der Waals surface area contributed by atoms with Crippen LogP contribution in [0.5, 0.6) is 0 Å². The predicted octanol–water partition coefficient (Wildman–Crippen LogP) is 0.737. The molecule has 1 saturated heterocycles. The molecule has 0 amide bonds. The monoisotopic (exact) mass is 275 g/mol. The van der Waals surface area contributed by atoms with Gasteiger partial charge in [0.25, 0.3) is 0 Å². The molecule has 104 valence electrons. The number of nitrogens with zero attached hydrogens (tertiary/aromatic N) is 1. The van der Waals surface area contributed by atoms with Gasteiger partial charge in [-0.05, 0) is 6.92 Å². The lowest BCUT2D eigenvalue weighted by Crippen LogP contribution is -2.43. The van der Waals surface area contributed by atoms with Crippen molar-refractivity contribution in [1.29, 1.82) is 0 Å². The summed E-state index contributed by atoms with van der Waals surface area (Å²) in [4.78, 5) is 13.6. The average molecular weight is 275 g/mol. The van der Waals surface area contributed by atoms with Crippen molar-refractivity contribution < 1.29 is 19.4 Å². The molecule has 1 fully saturated rings. The van der Waals surface area contributed by atoms with Crippen molar-refractivity contribution in [2.75, 3.05) is 20.8 Å². The maximum absolute atomic E-state index is 11.0. The highest BCUT2D eigenvalue weighted by molar-refractivity contribution is 7.80. The first kappa shape index (κ1) is 15.5. The summed E-state index contributed by atoms with van der Waals surface area (Å²) in [7, 11) is 3.13. The summed E-state index contributed by atoms with van der Waals surface area (Å²) in [5.74, 6) is 0.115. The number of aliphatic hydroxyl groups excluding tert-OH is 1. The fraction of sp³-hybridized carbons (Fsp3) is 0.833. The van der Waals surface area contributed by atoms with Gasteiger partial charge in [0.15, 0.2) is 6.29 Å². The van der Waals surface area contributed by atoms with Crippen molar-refractivity contribution in [2.45, 2.75) is 44.6 Å². The lowest BCUT2D eigenvalue weighted by Gasteiger charge is -2.31. The second-order valence-corrected chi connectivity index (χ2v) is 5.02. The third-order valence-electron chi connectivity index (χ3n) is 3.11. The van der Waals surface area contributed by atoms with Crippen LogP contribution in [-0.4, -0.2) is 60.0 Å². The molecular weight excluding hydrogens is 254 g/mol. The quantitative estimate of drug-likeness (QED) is 0.570. The number of methoxy groups -OCH3 is 2. The summed E-state index contributed by atoms with van der Waals surface area (Å²) in [6.07, 6.45) is 0.680. The molecule has 0 aromatic heterocycles. The number of aliphatic hydroxyl groups is 1. The van der Waals surface area contributed by atoms with Crippen molar-refractivity contribution in [2.24, 2.45) is 0 Å². The molecule has 0 radical (unpaired) electrons. The number of carbonyl (C=O) groups excluding carboxylic acids is 1. The fourth-order valence-corrected chi connectivity index (χ4v) is 2.54. The van der Waals surface area contributed by atoms with Gasteiger partial charge in [-0.3, -0.25) is 0 Å². The van der Waals surface area contributed by atoms with E-state index in [-0.39, 0.29) is 11.8 Å². The number of Topliss-reactive ketones (excluding diaryl/α,β-unsaturated/α-hetero) is 1. The summed E-state index contributed by atoms with van der Waals surface area (Å²) >= 11 is 5.33. The Hall–Kier alpha value is -0.560. The minimum Gasteiger partial charge on any atom is -0.391 e. The van der Waals surface area contributed by atoms with E-state index in [1.165, 1.54) is 0 Å².